The zero-order valence-corrected chi connectivity index (χ0v) is 13.0. The highest BCUT2D eigenvalue weighted by Crippen LogP contribution is 2.18. The predicted molar refractivity (Wildman–Crippen MR) is 82.7 cm³/mol. The summed E-state index contributed by atoms with van der Waals surface area (Å²) in [5.74, 6) is 1.01. The summed E-state index contributed by atoms with van der Waals surface area (Å²) < 4.78 is 4.90. The van der Waals surface area contributed by atoms with Gasteiger partial charge in [0, 0.05) is 38.8 Å². The average Bonchev–Trinajstić information content (AvgIpc) is 2.92. The minimum Gasteiger partial charge on any atom is -0.368 e. The Morgan fingerprint density at radius 3 is 2.64 bits per heavy atom. The Labute approximate surface area is 129 Å². The summed E-state index contributed by atoms with van der Waals surface area (Å²) in [4.78, 5) is 20.5. The Balaban J connectivity index is 1.56. The molecule has 22 heavy (non-hydrogen) atoms. The van der Waals surface area contributed by atoms with Crippen LogP contribution in [0.4, 0.5) is 5.69 Å². The minimum atomic E-state index is 0.0599. The Morgan fingerprint density at radius 2 is 2.00 bits per heavy atom. The highest BCUT2D eigenvalue weighted by atomic mass is 16.5. The number of carbonyl (C=O) groups excluding carboxylic acids is 1. The summed E-state index contributed by atoms with van der Waals surface area (Å²) in [6, 6.07) is 8.46. The normalized spacial score (nSPS) is 15.2. The molecule has 0 bridgehead atoms. The van der Waals surface area contributed by atoms with Gasteiger partial charge >= 0.3 is 0 Å². The second-order valence-electron chi connectivity index (χ2n) is 5.61. The van der Waals surface area contributed by atoms with Gasteiger partial charge < -0.3 is 14.3 Å². The van der Waals surface area contributed by atoms with Crippen molar-refractivity contribution in [2.24, 2.45) is 0 Å². The lowest BCUT2D eigenvalue weighted by Crippen LogP contribution is -2.49. The van der Waals surface area contributed by atoms with E-state index >= 15 is 0 Å². The van der Waals surface area contributed by atoms with Gasteiger partial charge in [-0.25, -0.2) is 0 Å². The molecule has 2 aromatic rings. The van der Waals surface area contributed by atoms with Crippen molar-refractivity contribution in [1.29, 1.82) is 0 Å². The standard InChI is InChI=1S/C16H20N4O2/c1-12-4-3-5-14(10-12)19-6-8-20(9-7-19)16(21)11-15-17-13(2)22-18-15/h3-5,10H,6-9,11H2,1-2H3. The average molecular weight is 300 g/mol. The summed E-state index contributed by atoms with van der Waals surface area (Å²) in [6.45, 7) is 6.96. The van der Waals surface area contributed by atoms with Gasteiger partial charge in [-0.2, -0.15) is 4.98 Å². The van der Waals surface area contributed by atoms with E-state index in [1.165, 1.54) is 11.3 Å². The van der Waals surface area contributed by atoms with Crippen molar-refractivity contribution in [2.75, 3.05) is 31.1 Å². The summed E-state index contributed by atoms with van der Waals surface area (Å²) >= 11 is 0. The molecule has 0 unspecified atom stereocenters. The second kappa shape index (κ2) is 6.17. The molecule has 6 nitrogen and oxygen atoms in total. The molecule has 0 atom stereocenters. The molecule has 1 aromatic carbocycles. The molecule has 0 radical (unpaired) electrons. The third kappa shape index (κ3) is 3.27. The van der Waals surface area contributed by atoms with Crippen LogP contribution in [0.2, 0.25) is 0 Å². The summed E-state index contributed by atoms with van der Waals surface area (Å²) in [6.07, 6.45) is 0.210. The number of hydrogen-bond donors (Lipinski definition) is 0. The fourth-order valence-corrected chi connectivity index (χ4v) is 2.70. The highest BCUT2D eigenvalue weighted by Gasteiger charge is 2.22. The molecule has 0 N–H and O–H groups in total. The smallest absolute Gasteiger partial charge is 0.230 e. The molecular weight excluding hydrogens is 280 g/mol. The van der Waals surface area contributed by atoms with Gasteiger partial charge in [0.25, 0.3) is 0 Å². The van der Waals surface area contributed by atoms with Crippen LogP contribution in [-0.2, 0) is 11.2 Å². The number of anilines is 1. The van der Waals surface area contributed by atoms with Gasteiger partial charge in [0.1, 0.15) is 0 Å². The van der Waals surface area contributed by atoms with Crippen molar-refractivity contribution in [3.8, 4) is 0 Å². The van der Waals surface area contributed by atoms with E-state index in [4.69, 9.17) is 4.52 Å². The number of rotatable bonds is 3. The monoisotopic (exact) mass is 300 g/mol. The van der Waals surface area contributed by atoms with Crippen LogP contribution < -0.4 is 4.90 Å². The Morgan fingerprint density at radius 1 is 1.23 bits per heavy atom. The number of benzene rings is 1. The molecule has 1 fully saturated rings. The van der Waals surface area contributed by atoms with Crippen LogP contribution in [0.1, 0.15) is 17.3 Å². The van der Waals surface area contributed by atoms with Gasteiger partial charge in [0.05, 0.1) is 6.42 Å². The number of aryl methyl sites for hydroxylation is 2. The third-order valence-electron chi connectivity index (χ3n) is 3.88. The summed E-state index contributed by atoms with van der Waals surface area (Å²) in [7, 11) is 0. The van der Waals surface area contributed by atoms with E-state index in [0.717, 1.165) is 26.2 Å². The number of nitrogens with zero attached hydrogens (tertiary/aromatic N) is 4. The molecule has 0 aliphatic carbocycles. The molecule has 1 aliphatic rings. The van der Waals surface area contributed by atoms with Gasteiger partial charge in [-0.05, 0) is 24.6 Å². The molecule has 1 amide bonds. The van der Waals surface area contributed by atoms with Gasteiger partial charge in [-0.1, -0.05) is 17.3 Å². The molecular formula is C16H20N4O2. The van der Waals surface area contributed by atoms with Crippen LogP contribution in [0.25, 0.3) is 0 Å². The van der Waals surface area contributed by atoms with Gasteiger partial charge in [-0.3, -0.25) is 4.79 Å². The molecule has 1 aliphatic heterocycles. The molecule has 116 valence electrons. The molecule has 1 aromatic heterocycles. The zero-order chi connectivity index (χ0) is 15.5. The molecule has 0 spiro atoms. The third-order valence-corrected chi connectivity index (χ3v) is 3.88. The summed E-state index contributed by atoms with van der Waals surface area (Å²) in [5.41, 5.74) is 2.48. The first-order chi connectivity index (χ1) is 10.6. The van der Waals surface area contributed by atoms with Gasteiger partial charge in [0.15, 0.2) is 5.82 Å². The van der Waals surface area contributed by atoms with Crippen molar-refractivity contribution in [3.05, 3.63) is 41.5 Å². The van der Waals surface area contributed by atoms with Gasteiger partial charge in [-0.15, -0.1) is 0 Å². The SMILES string of the molecule is Cc1cccc(N2CCN(C(=O)Cc3noc(C)n3)CC2)c1. The van der Waals surface area contributed by atoms with E-state index in [2.05, 4.69) is 46.2 Å². The van der Waals surface area contributed by atoms with Crippen molar-refractivity contribution < 1.29 is 9.32 Å². The maximum Gasteiger partial charge on any atom is 0.230 e. The van der Waals surface area contributed by atoms with E-state index in [1.807, 2.05) is 4.90 Å². The van der Waals surface area contributed by atoms with E-state index in [-0.39, 0.29) is 12.3 Å². The van der Waals surface area contributed by atoms with E-state index in [9.17, 15) is 4.79 Å². The largest absolute Gasteiger partial charge is 0.368 e. The lowest BCUT2D eigenvalue weighted by Gasteiger charge is -2.36. The zero-order valence-electron chi connectivity index (χ0n) is 13.0. The minimum absolute atomic E-state index is 0.0599. The second-order valence-corrected chi connectivity index (χ2v) is 5.61. The van der Waals surface area contributed by atoms with Gasteiger partial charge in [0.2, 0.25) is 11.8 Å². The first-order valence-corrected chi connectivity index (χ1v) is 7.50. The Kier molecular flexibility index (Phi) is 4.09. The number of amides is 1. The van der Waals surface area contributed by atoms with Crippen molar-refractivity contribution in [2.45, 2.75) is 20.3 Å². The highest BCUT2D eigenvalue weighted by molar-refractivity contribution is 5.78. The number of aromatic nitrogens is 2. The molecule has 1 saturated heterocycles. The quantitative estimate of drug-likeness (QED) is 0.861. The topological polar surface area (TPSA) is 62.5 Å². The van der Waals surface area contributed by atoms with Crippen LogP contribution in [-0.4, -0.2) is 47.1 Å². The maximum atomic E-state index is 12.3. The van der Waals surface area contributed by atoms with Crippen LogP contribution >= 0.6 is 0 Å². The molecule has 2 heterocycles. The maximum absolute atomic E-state index is 12.3. The predicted octanol–water partition coefficient (Wildman–Crippen LogP) is 1.58. The first kappa shape index (κ1) is 14.6. The molecule has 3 rings (SSSR count). The number of carbonyl (C=O) groups is 1. The van der Waals surface area contributed by atoms with E-state index in [1.54, 1.807) is 6.92 Å². The Bertz CT molecular complexity index is 660. The van der Waals surface area contributed by atoms with Crippen LogP contribution in [0.15, 0.2) is 28.8 Å². The van der Waals surface area contributed by atoms with Crippen molar-refractivity contribution >= 4 is 11.6 Å². The van der Waals surface area contributed by atoms with Crippen molar-refractivity contribution in [3.63, 3.8) is 0 Å². The lowest BCUT2D eigenvalue weighted by molar-refractivity contribution is -0.130. The molecule has 6 heteroatoms. The van der Waals surface area contributed by atoms with Crippen LogP contribution in [0, 0.1) is 13.8 Å². The molecule has 0 saturated carbocycles. The lowest BCUT2D eigenvalue weighted by atomic mass is 10.2. The Hall–Kier alpha value is -2.37. The van der Waals surface area contributed by atoms with E-state index in [0.29, 0.717) is 11.7 Å². The summed E-state index contributed by atoms with van der Waals surface area (Å²) in [5, 5.41) is 3.78. The van der Waals surface area contributed by atoms with E-state index < -0.39 is 0 Å². The fraction of sp³-hybridized carbons (Fsp3) is 0.438. The first-order valence-electron chi connectivity index (χ1n) is 7.50. The van der Waals surface area contributed by atoms with Crippen LogP contribution in [0.5, 0.6) is 0 Å². The van der Waals surface area contributed by atoms with Crippen LogP contribution in [0.3, 0.4) is 0 Å². The van der Waals surface area contributed by atoms with Crippen molar-refractivity contribution in [1.82, 2.24) is 15.0 Å². The number of piperazine rings is 1. The fourth-order valence-electron chi connectivity index (χ4n) is 2.70. The number of hydrogen-bond acceptors (Lipinski definition) is 5.